The van der Waals surface area contributed by atoms with Crippen molar-refractivity contribution in [1.29, 1.82) is 0 Å². The van der Waals surface area contributed by atoms with Crippen molar-refractivity contribution in [2.45, 2.75) is 44.7 Å². The molecule has 0 aromatic rings. The number of rotatable bonds is 2. The molecule has 0 aliphatic carbocycles. The van der Waals surface area contributed by atoms with Gasteiger partial charge in [-0.2, -0.15) is 17.4 Å². The number of piperidine rings is 1. The van der Waals surface area contributed by atoms with Gasteiger partial charge >= 0.3 is 6.03 Å². The Labute approximate surface area is 118 Å². The Kier molecular flexibility index (Phi) is 3.55. The van der Waals surface area contributed by atoms with Gasteiger partial charge in [0.25, 0.3) is 16.1 Å². The predicted octanol–water partition coefficient (Wildman–Crippen LogP) is -0.707. The van der Waals surface area contributed by atoms with Crippen LogP contribution in [0, 0.1) is 0 Å². The molecule has 0 bridgehead atoms. The highest BCUT2D eigenvalue weighted by Crippen LogP contribution is 2.26. The lowest BCUT2D eigenvalue weighted by atomic mass is 9.90. The van der Waals surface area contributed by atoms with Crippen molar-refractivity contribution in [1.82, 2.24) is 19.7 Å². The average Bonchev–Trinajstić information content (AvgIpc) is 2.50. The number of hydrogen-bond acceptors (Lipinski definition) is 4. The van der Waals surface area contributed by atoms with E-state index in [9.17, 15) is 18.0 Å². The summed E-state index contributed by atoms with van der Waals surface area (Å²) >= 11 is 0. The molecule has 2 rings (SSSR count). The first-order valence-corrected chi connectivity index (χ1v) is 7.91. The molecular weight excluding hydrogens is 284 g/mol. The van der Waals surface area contributed by atoms with Crippen LogP contribution < -0.4 is 15.4 Å². The van der Waals surface area contributed by atoms with Crippen LogP contribution in [0.3, 0.4) is 0 Å². The maximum atomic E-state index is 12.3. The van der Waals surface area contributed by atoms with Crippen molar-refractivity contribution in [3.05, 3.63) is 0 Å². The summed E-state index contributed by atoms with van der Waals surface area (Å²) in [6, 6.07) is -0.571. The Morgan fingerprint density at radius 2 is 1.95 bits per heavy atom. The van der Waals surface area contributed by atoms with Crippen LogP contribution in [0.1, 0.15) is 33.6 Å². The third-order valence-corrected chi connectivity index (χ3v) is 5.11. The van der Waals surface area contributed by atoms with Gasteiger partial charge in [0.2, 0.25) is 0 Å². The highest BCUT2D eigenvalue weighted by Gasteiger charge is 2.50. The van der Waals surface area contributed by atoms with E-state index >= 15 is 0 Å². The quantitative estimate of drug-likeness (QED) is 0.586. The second-order valence-electron chi connectivity index (χ2n) is 6.28. The van der Waals surface area contributed by atoms with E-state index < -0.39 is 33.2 Å². The fraction of sp³-hybridized carbons (Fsp3) is 0.818. The monoisotopic (exact) mass is 304 g/mol. The van der Waals surface area contributed by atoms with Gasteiger partial charge in [0.1, 0.15) is 5.54 Å². The van der Waals surface area contributed by atoms with Gasteiger partial charge < -0.3 is 5.32 Å². The van der Waals surface area contributed by atoms with Crippen LogP contribution in [0.5, 0.6) is 0 Å². The molecule has 0 radical (unpaired) electrons. The first-order chi connectivity index (χ1) is 9.04. The molecule has 0 aromatic heterocycles. The lowest BCUT2D eigenvalue weighted by molar-refractivity contribution is -0.125. The number of carbonyl (C=O) groups is 2. The average molecular weight is 304 g/mol. The van der Waals surface area contributed by atoms with E-state index in [1.54, 1.807) is 20.8 Å². The zero-order valence-electron chi connectivity index (χ0n) is 11.8. The Hall–Kier alpha value is -1.19. The molecule has 20 heavy (non-hydrogen) atoms. The Bertz CT molecular complexity index is 539. The number of carbonyl (C=O) groups excluding carboxylic acids is 2. The van der Waals surface area contributed by atoms with E-state index in [0.717, 1.165) is 0 Å². The van der Waals surface area contributed by atoms with Gasteiger partial charge in [-0.1, -0.05) is 0 Å². The molecule has 9 heteroatoms. The Morgan fingerprint density at radius 3 is 2.45 bits per heavy atom. The largest absolute Gasteiger partial charge is 0.322 e. The first kappa shape index (κ1) is 15.2. The standard InChI is InChI=1S/C11H20N4O4S/c1-10(2,3)14-20(18,19)15-6-4-5-11(7-15)8(16)12-9(17)13-11/h14H,4-7H2,1-3H3,(H2,12,13,16,17). The molecule has 1 atom stereocenters. The van der Waals surface area contributed by atoms with Gasteiger partial charge in [-0.3, -0.25) is 10.1 Å². The van der Waals surface area contributed by atoms with Gasteiger partial charge in [-0.15, -0.1) is 0 Å². The van der Waals surface area contributed by atoms with Crippen LogP contribution >= 0.6 is 0 Å². The third kappa shape index (κ3) is 2.94. The zero-order valence-corrected chi connectivity index (χ0v) is 12.6. The van der Waals surface area contributed by atoms with E-state index in [2.05, 4.69) is 15.4 Å². The number of nitrogens with one attached hydrogen (secondary N) is 3. The van der Waals surface area contributed by atoms with Crippen LogP contribution in [-0.2, 0) is 15.0 Å². The molecule has 114 valence electrons. The zero-order chi connectivity index (χ0) is 15.2. The molecule has 0 aromatic carbocycles. The molecule has 2 aliphatic rings. The number of hydrogen-bond donors (Lipinski definition) is 3. The number of nitrogens with zero attached hydrogens (tertiary/aromatic N) is 1. The summed E-state index contributed by atoms with van der Waals surface area (Å²) in [5.74, 6) is -0.460. The molecule has 3 amide bonds. The smallest absolute Gasteiger partial charge is 0.322 e. The Morgan fingerprint density at radius 1 is 1.30 bits per heavy atom. The fourth-order valence-corrected chi connectivity index (χ4v) is 4.15. The van der Waals surface area contributed by atoms with Gasteiger partial charge in [0.05, 0.1) is 0 Å². The summed E-state index contributed by atoms with van der Waals surface area (Å²) in [6.45, 7) is 5.52. The molecule has 0 saturated carbocycles. The molecule has 2 aliphatic heterocycles. The van der Waals surface area contributed by atoms with E-state index in [4.69, 9.17) is 0 Å². The minimum absolute atomic E-state index is 0.0456. The van der Waals surface area contributed by atoms with Gasteiger partial charge in [-0.25, -0.2) is 4.79 Å². The molecule has 1 spiro atoms. The molecule has 3 N–H and O–H groups in total. The van der Waals surface area contributed by atoms with Crippen molar-refractivity contribution >= 4 is 22.1 Å². The lowest BCUT2D eigenvalue weighted by Gasteiger charge is -2.38. The fourth-order valence-electron chi connectivity index (χ4n) is 2.49. The van der Waals surface area contributed by atoms with Crippen LogP contribution in [0.4, 0.5) is 4.79 Å². The summed E-state index contributed by atoms with van der Waals surface area (Å²) < 4.78 is 28.4. The van der Waals surface area contributed by atoms with Crippen LogP contribution in [-0.4, -0.2) is 48.8 Å². The minimum atomic E-state index is -3.69. The predicted molar refractivity (Wildman–Crippen MR) is 72.0 cm³/mol. The molecule has 2 fully saturated rings. The Balaban J connectivity index is 2.19. The molecule has 2 heterocycles. The molecule has 1 unspecified atom stereocenters. The van der Waals surface area contributed by atoms with Crippen molar-refractivity contribution in [3.63, 3.8) is 0 Å². The van der Waals surface area contributed by atoms with E-state index in [0.29, 0.717) is 19.4 Å². The maximum Gasteiger partial charge on any atom is 0.322 e. The summed E-state index contributed by atoms with van der Waals surface area (Å²) in [5, 5.41) is 4.72. The number of urea groups is 1. The van der Waals surface area contributed by atoms with Gasteiger partial charge in [0, 0.05) is 18.6 Å². The van der Waals surface area contributed by atoms with E-state index in [1.807, 2.05) is 0 Å². The maximum absolute atomic E-state index is 12.3. The molecule has 8 nitrogen and oxygen atoms in total. The second kappa shape index (κ2) is 4.68. The summed E-state index contributed by atoms with van der Waals surface area (Å²) in [4.78, 5) is 23.2. The normalized spacial score (nSPS) is 28.6. The van der Waals surface area contributed by atoms with Crippen molar-refractivity contribution < 1.29 is 18.0 Å². The molecular formula is C11H20N4O4S. The second-order valence-corrected chi connectivity index (χ2v) is 7.96. The highest BCUT2D eigenvalue weighted by molar-refractivity contribution is 7.87. The minimum Gasteiger partial charge on any atom is -0.322 e. The van der Waals surface area contributed by atoms with E-state index in [1.165, 1.54) is 4.31 Å². The number of amides is 3. The van der Waals surface area contributed by atoms with E-state index in [-0.39, 0.29) is 6.54 Å². The van der Waals surface area contributed by atoms with Crippen LogP contribution in [0.15, 0.2) is 0 Å². The van der Waals surface area contributed by atoms with Crippen molar-refractivity contribution in [2.75, 3.05) is 13.1 Å². The van der Waals surface area contributed by atoms with Gasteiger partial charge in [0.15, 0.2) is 0 Å². The summed E-state index contributed by atoms with van der Waals surface area (Å²) in [5.41, 5.74) is -1.74. The SMILES string of the molecule is CC(C)(C)NS(=O)(=O)N1CCCC2(C1)NC(=O)NC2=O. The third-order valence-electron chi connectivity index (χ3n) is 3.25. The number of imide groups is 1. The highest BCUT2D eigenvalue weighted by atomic mass is 32.2. The summed E-state index contributed by atoms with van der Waals surface area (Å²) in [7, 11) is -3.69. The van der Waals surface area contributed by atoms with Gasteiger partial charge in [-0.05, 0) is 33.6 Å². The topological polar surface area (TPSA) is 108 Å². The van der Waals surface area contributed by atoms with Crippen LogP contribution in [0.2, 0.25) is 0 Å². The lowest BCUT2D eigenvalue weighted by Crippen LogP contribution is -2.62. The first-order valence-electron chi connectivity index (χ1n) is 6.47. The summed E-state index contributed by atoms with van der Waals surface area (Å²) in [6.07, 6.45) is 0.949. The van der Waals surface area contributed by atoms with Crippen molar-refractivity contribution in [2.24, 2.45) is 0 Å². The van der Waals surface area contributed by atoms with Crippen LogP contribution in [0.25, 0.3) is 0 Å². The molecule has 2 saturated heterocycles. The van der Waals surface area contributed by atoms with Crippen molar-refractivity contribution in [3.8, 4) is 0 Å².